The molecule has 0 bridgehead atoms. The van der Waals surface area contributed by atoms with E-state index in [0.717, 1.165) is 22.5 Å². The lowest BCUT2D eigenvalue weighted by Crippen LogP contribution is -2.43. The van der Waals surface area contributed by atoms with Crippen LogP contribution >= 0.6 is 11.3 Å². The number of carbonyl (C=O) groups excluding carboxylic acids is 1. The van der Waals surface area contributed by atoms with Crippen molar-refractivity contribution in [1.82, 2.24) is 4.90 Å². The molecule has 218 valence electrons. The molecule has 0 atom stereocenters. The molecule has 12 heteroatoms. The van der Waals surface area contributed by atoms with Crippen LogP contribution in [0.2, 0.25) is 0 Å². The van der Waals surface area contributed by atoms with Crippen LogP contribution in [0.25, 0.3) is 12.2 Å². The van der Waals surface area contributed by atoms with Crippen molar-refractivity contribution in [2.45, 2.75) is 18.4 Å². The number of nitrogens with zero attached hydrogens (tertiary/aromatic N) is 2. The Hall–Kier alpha value is -4.29. The Morgan fingerprint density at radius 1 is 0.878 bits per heavy atom. The third-order valence-corrected chi connectivity index (χ3v) is 8.05. The Morgan fingerprint density at radius 3 is 2.05 bits per heavy atom. The van der Waals surface area contributed by atoms with E-state index in [-0.39, 0.29) is 10.8 Å². The summed E-state index contributed by atoms with van der Waals surface area (Å²) in [6, 6.07) is 11.9. The van der Waals surface area contributed by atoms with E-state index >= 15 is 0 Å². The zero-order valence-electron chi connectivity index (χ0n) is 23.5. The van der Waals surface area contributed by atoms with Crippen molar-refractivity contribution in [2.24, 2.45) is 0 Å². The smallest absolute Gasteiger partial charge is 0.493 e. The molecule has 0 saturated carbocycles. The van der Waals surface area contributed by atoms with Crippen molar-refractivity contribution in [1.29, 1.82) is 0 Å². The molecule has 0 N–H and O–H groups in total. The average molecular weight is 585 g/mol. The van der Waals surface area contributed by atoms with E-state index in [2.05, 4.69) is 4.90 Å². The molecule has 0 aliphatic carbocycles. The van der Waals surface area contributed by atoms with Gasteiger partial charge in [-0.05, 0) is 48.5 Å². The maximum Gasteiger partial charge on any atom is 0.514 e. The number of thiophene rings is 1. The molecule has 1 aromatic heterocycles. The van der Waals surface area contributed by atoms with Gasteiger partial charge < -0.3 is 33.3 Å². The van der Waals surface area contributed by atoms with Gasteiger partial charge in [0, 0.05) is 32.0 Å². The van der Waals surface area contributed by atoms with Gasteiger partial charge >= 0.3 is 11.2 Å². The number of carbonyl (C=O) groups is 1. The SMILES string of the molecule is COc1ccc(/C=C\c2cc(OC)c(OC)c(OC)c2)cc1OC(=O)OC1(c2ccc([N+](=O)[O-])s2)CCN(C)CC1. The van der Waals surface area contributed by atoms with Crippen LogP contribution in [-0.2, 0) is 10.3 Å². The summed E-state index contributed by atoms with van der Waals surface area (Å²) >= 11 is 1.01. The van der Waals surface area contributed by atoms with Gasteiger partial charge in [0.25, 0.3) is 0 Å². The molecule has 0 radical (unpaired) electrons. The van der Waals surface area contributed by atoms with Crippen LogP contribution in [0.1, 0.15) is 28.8 Å². The second kappa shape index (κ2) is 12.9. The minimum Gasteiger partial charge on any atom is -0.493 e. The summed E-state index contributed by atoms with van der Waals surface area (Å²) in [5.41, 5.74) is 0.497. The highest BCUT2D eigenvalue weighted by molar-refractivity contribution is 7.15. The quantitative estimate of drug-likeness (QED) is 0.0923. The molecule has 2 heterocycles. The Balaban J connectivity index is 1.57. The van der Waals surface area contributed by atoms with E-state index in [4.69, 9.17) is 28.4 Å². The number of hydrogen-bond acceptors (Lipinski definition) is 11. The molecule has 0 unspecified atom stereocenters. The van der Waals surface area contributed by atoms with Gasteiger partial charge in [0.1, 0.15) is 0 Å². The lowest BCUT2D eigenvalue weighted by atomic mass is 9.90. The highest BCUT2D eigenvalue weighted by Crippen LogP contribution is 2.43. The zero-order valence-corrected chi connectivity index (χ0v) is 24.3. The van der Waals surface area contributed by atoms with Crippen LogP contribution in [-0.4, -0.2) is 64.6 Å². The number of piperidine rings is 1. The van der Waals surface area contributed by atoms with Gasteiger partial charge in [-0.1, -0.05) is 29.6 Å². The Labute approximate surface area is 241 Å². The molecule has 0 amide bonds. The fourth-order valence-electron chi connectivity index (χ4n) is 4.59. The lowest BCUT2D eigenvalue weighted by molar-refractivity contribution is -0.380. The largest absolute Gasteiger partial charge is 0.514 e. The lowest BCUT2D eigenvalue weighted by Gasteiger charge is -2.38. The number of benzene rings is 2. The second-order valence-electron chi connectivity index (χ2n) is 9.35. The fourth-order valence-corrected chi connectivity index (χ4v) is 5.59. The molecule has 1 aliphatic rings. The normalized spacial score (nSPS) is 14.9. The first-order valence-electron chi connectivity index (χ1n) is 12.7. The molecule has 3 aromatic rings. The number of ether oxygens (including phenoxy) is 6. The third kappa shape index (κ3) is 6.72. The topological polar surface area (TPSA) is 119 Å². The third-order valence-electron chi connectivity index (χ3n) is 6.83. The van der Waals surface area contributed by atoms with Gasteiger partial charge in [-0.25, -0.2) is 4.79 Å². The zero-order chi connectivity index (χ0) is 29.6. The van der Waals surface area contributed by atoms with E-state index in [1.165, 1.54) is 13.2 Å². The van der Waals surface area contributed by atoms with Gasteiger partial charge in [-0.3, -0.25) is 10.1 Å². The van der Waals surface area contributed by atoms with Gasteiger partial charge in [0.2, 0.25) is 5.75 Å². The highest BCUT2D eigenvalue weighted by Gasteiger charge is 2.42. The molecule has 1 aliphatic heterocycles. The molecule has 1 saturated heterocycles. The summed E-state index contributed by atoms with van der Waals surface area (Å²) in [5, 5.41) is 11.3. The van der Waals surface area contributed by atoms with E-state index in [0.29, 0.717) is 53.8 Å². The summed E-state index contributed by atoms with van der Waals surface area (Å²) < 4.78 is 33.2. The van der Waals surface area contributed by atoms with Crippen molar-refractivity contribution in [3.63, 3.8) is 0 Å². The van der Waals surface area contributed by atoms with Gasteiger partial charge in [-0.15, -0.1) is 0 Å². The molecular formula is C29H32N2O9S. The van der Waals surface area contributed by atoms with Crippen LogP contribution in [0.5, 0.6) is 28.7 Å². The summed E-state index contributed by atoms with van der Waals surface area (Å²) in [5.74, 6) is 2.05. The van der Waals surface area contributed by atoms with Gasteiger partial charge in [0.15, 0.2) is 28.6 Å². The highest BCUT2D eigenvalue weighted by atomic mass is 32.1. The average Bonchev–Trinajstić information content (AvgIpc) is 3.48. The van der Waals surface area contributed by atoms with E-state index in [1.54, 1.807) is 39.5 Å². The maximum atomic E-state index is 13.1. The number of nitro groups is 1. The predicted molar refractivity (Wildman–Crippen MR) is 155 cm³/mol. The summed E-state index contributed by atoms with van der Waals surface area (Å²) in [4.78, 5) is 26.7. The molecule has 11 nitrogen and oxygen atoms in total. The van der Waals surface area contributed by atoms with Gasteiger partial charge in [-0.2, -0.15) is 0 Å². The monoisotopic (exact) mass is 584 g/mol. The summed E-state index contributed by atoms with van der Waals surface area (Å²) in [7, 11) is 8.08. The molecular weight excluding hydrogens is 552 g/mol. The van der Waals surface area contributed by atoms with Crippen molar-refractivity contribution in [2.75, 3.05) is 48.6 Å². The van der Waals surface area contributed by atoms with E-state index < -0.39 is 16.7 Å². The van der Waals surface area contributed by atoms with Crippen LogP contribution in [0.4, 0.5) is 9.80 Å². The van der Waals surface area contributed by atoms with Crippen LogP contribution < -0.4 is 23.7 Å². The van der Waals surface area contributed by atoms with E-state index in [1.807, 2.05) is 37.4 Å². The molecule has 4 rings (SSSR count). The van der Waals surface area contributed by atoms with Crippen LogP contribution in [0.15, 0.2) is 42.5 Å². The Kier molecular flexibility index (Phi) is 9.35. The number of likely N-dealkylation sites (tertiary alicyclic amines) is 1. The fraction of sp³-hybridized carbons (Fsp3) is 0.345. The van der Waals surface area contributed by atoms with Crippen LogP contribution in [0.3, 0.4) is 0 Å². The number of rotatable bonds is 10. The Morgan fingerprint density at radius 2 is 1.49 bits per heavy atom. The standard InChI is InChI=1S/C29H32N2O9S/c1-30-14-12-29(13-15-30,25-10-11-26(41-25)31(33)34)40-28(32)39-22-16-19(8-9-21(22)35-2)6-7-20-17-23(36-3)27(38-5)24(18-20)37-4/h6-11,16-18H,12-15H2,1-5H3/b7-6-. The van der Waals surface area contributed by atoms with Crippen molar-refractivity contribution < 1.29 is 38.1 Å². The first kappa shape index (κ1) is 29.7. The predicted octanol–water partition coefficient (Wildman–Crippen LogP) is 6.00. The Bertz CT molecular complexity index is 1400. The number of hydrogen-bond donors (Lipinski definition) is 0. The van der Waals surface area contributed by atoms with Gasteiger partial charge in [0.05, 0.1) is 38.2 Å². The first-order chi connectivity index (χ1) is 19.7. The summed E-state index contributed by atoms with van der Waals surface area (Å²) in [6.45, 7) is 1.31. The maximum absolute atomic E-state index is 13.1. The van der Waals surface area contributed by atoms with Crippen LogP contribution in [0, 0.1) is 10.1 Å². The van der Waals surface area contributed by atoms with Crippen molar-refractivity contribution in [3.8, 4) is 28.7 Å². The van der Waals surface area contributed by atoms with Crippen molar-refractivity contribution in [3.05, 3.63) is 68.6 Å². The summed E-state index contributed by atoms with van der Waals surface area (Å²) in [6.07, 6.45) is 3.72. The molecule has 2 aromatic carbocycles. The molecule has 0 spiro atoms. The minimum absolute atomic E-state index is 0.0106. The van der Waals surface area contributed by atoms with Crippen molar-refractivity contribution >= 4 is 34.6 Å². The number of methoxy groups -OCH3 is 4. The first-order valence-corrected chi connectivity index (χ1v) is 13.5. The minimum atomic E-state index is -1.03. The van der Waals surface area contributed by atoms with E-state index in [9.17, 15) is 14.9 Å². The second-order valence-corrected chi connectivity index (χ2v) is 10.4. The molecule has 41 heavy (non-hydrogen) atoms. The molecule has 1 fully saturated rings.